The highest BCUT2D eigenvalue weighted by molar-refractivity contribution is 5.90. The number of amides is 2. The number of aromatic nitrogens is 3. The third-order valence-corrected chi connectivity index (χ3v) is 6.67. The Bertz CT molecular complexity index is 1550. The minimum atomic E-state index is -5.03. The van der Waals surface area contributed by atoms with Crippen molar-refractivity contribution in [3.8, 4) is 5.88 Å². The summed E-state index contributed by atoms with van der Waals surface area (Å²) < 4.78 is 85.6. The molecule has 1 fully saturated rings. The molecule has 1 atom stereocenters. The van der Waals surface area contributed by atoms with Gasteiger partial charge >= 0.3 is 18.4 Å². The SMILES string of the molecule is CC1CN(c2nc3ccccc3nc2OCc2ccncc2)CCN1C(=O)Nc1cc(C(F)(F)F)cc(C(F)(F)F)c1. The Kier molecular flexibility index (Phi) is 7.80. The molecule has 0 aliphatic carbocycles. The molecule has 220 valence electrons. The molecule has 42 heavy (non-hydrogen) atoms. The number of halogens is 6. The number of hydrogen-bond acceptors (Lipinski definition) is 6. The van der Waals surface area contributed by atoms with Gasteiger partial charge in [-0.1, -0.05) is 12.1 Å². The van der Waals surface area contributed by atoms with Gasteiger partial charge in [-0.2, -0.15) is 26.3 Å². The van der Waals surface area contributed by atoms with E-state index >= 15 is 0 Å². The molecule has 2 aromatic carbocycles. The predicted octanol–water partition coefficient (Wildman–Crippen LogP) is 6.38. The van der Waals surface area contributed by atoms with Crippen molar-refractivity contribution in [2.24, 2.45) is 0 Å². The number of rotatable bonds is 5. The lowest BCUT2D eigenvalue weighted by atomic mass is 10.1. The average Bonchev–Trinajstić information content (AvgIpc) is 2.95. The van der Waals surface area contributed by atoms with Crippen molar-refractivity contribution >= 4 is 28.6 Å². The van der Waals surface area contributed by atoms with Gasteiger partial charge in [-0.05, 0) is 55.0 Å². The quantitative estimate of drug-likeness (QED) is 0.272. The second kappa shape index (κ2) is 11.3. The van der Waals surface area contributed by atoms with Crippen LogP contribution < -0.4 is 15.0 Å². The summed E-state index contributed by atoms with van der Waals surface area (Å²) in [6.07, 6.45) is -6.78. The fourth-order valence-electron chi connectivity index (χ4n) is 4.58. The molecule has 0 bridgehead atoms. The number of benzene rings is 2. The minimum absolute atomic E-state index is 0.00991. The van der Waals surface area contributed by atoms with Crippen molar-refractivity contribution in [2.75, 3.05) is 29.9 Å². The van der Waals surface area contributed by atoms with E-state index in [1.165, 1.54) is 4.90 Å². The van der Waals surface area contributed by atoms with E-state index in [4.69, 9.17) is 9.72 Å². The van der Waals surface area contributed by atoms with E-state index in [1.54, 1.807) is 43.6 Å². The van der Waals surface area contributed by atoms with E-state index in [9.17, 15) is 31.1 Å². The zero-order valence-electron chi connectivity index (χ0n) is 22.1. The number of urea groups is 1. The van der Waals surface area contributed by atoms with Gasteiger partial charge in [0.25, 0.3) is 5.88 Å². The molecule has 5 rings (SSSR count). The van der Waals surface area contributed by atoms with E-state index in [1.807, 2.05) is 17.0 Å². The third-order valence-electron chi connectivity index (χ3n) is 6.67. The van der Waals surface area contributed by atoms with Gasteiger partial charge in [-0.25, -0.2) is 14.8 Å². The molecule has 14 heteroatoms. The molecule has 0 saturated carbocycles. The van der Waals surface area contributed by atoms with Crippen LogP contribution in [0.5, 0.6) is 5.88 Å². The maximum Gasteiger partial charge on any atom is 0.416 e. The number of pyridine rings is 1. The maximum atomic E-state index is 13.3. The Hall–Kier alpha value is -4.62. The zero-order valence-corrected chi connectivity index (χ0v) is 22.1. The Balaban J connectivity index is 1.34. The summed E-state index contributed by atoms with van der Waals surface area (Å²) in [6, 6.07) is 10.5. The number of piperazine rings is 1. The number of alkyl halides is 6. The van der Waals surface area contributed by atoms with Crippen LogP contribution in [0.4, 0.5) is 42.6 Å². The molecule has 1 N–H and O–H groups in total. The molecule has 0 spiro atoms. The van der Waals surface area contributed by atoms with Gasteiger partial charge in [0, 0.05) is 43.8 Å². The monoisotopic (exact) mass is 590 g/mol. The van der Waals surface area contributed by atoms with E-state index in [0.29, 0.717) is 29.0 Å². The molecule has 4 aromatic rings. The van der Waals surface area contributed by atoms with Gasteiger partial charge in [0.2, 0.25) is 0 Å². The Labute approximate surface area is 236 Å². The first-order valence-corrected chi connectivity index (χ1v) is 12.8. The molecule has 1 unspecified atom stereocenters. The number of fused-ring (bicyclic) bond motifs is 1. The zero-order chi connectivity index (χ0) is 30.1. The lowest BCUT2D eigenvalue weighted by Gasteiger charge is -2.40. The topological polar surface area (TPSA) is 83.5 Å². The molecule has 0 radical (unpaired) electrons. The van der Waals surface area contributed by atoms with Crippen LogP contribution >= 0.6 is 0 Å². The van der Waals surface area contributed by atoms with E-state index in [0.717, 1.165) is 5.56 Å². The molecule has 3 heterocycles. The van der Waals surface area contributed by atoms with Crippen molar-refractivity contribution in [1.82, 2.24) is 19.9 Å². The lowest BCUT2D eigenvalue weighted by Crippen LogP contribution is -2.55. The van der Waals surface area contributed by atoms with Crippen LogP contribution in [0.15, 0.2) is 67.0 Å². The largest absolute Gasteiger partial charge is 0.470 e. The van der Waals surface area contributed by atoms with E-state index in [-0.39, 0.29) is 38.2 Å². The second-order valence-corrected chi connectivity index (χ2v) is 9.70. The van der Waals surface area contributed by atoms with Gasteiger partial charge in [-0.15, -0.1) is 0 Å². The molecular weight excluding hydrogens is 566 g/mol. The van der Waals surface area contributed by atoms with Crippen LogP contribution in [0, 0.1) is 0 Å². The van der Waals surface area contributed by atoms with Crippen molar-refractivity contribution in [3.63, 3.8) is 0 Å². The van der Waals surface area contributed by atoms with Crippen molar-refractivity contribution in [3.05, 3.63) is 83.7 Å². The summed E-state index contributed by atoms with van der Waals surface area (Å²) >= 11 is 0. The highest BCUT2D eigenvalue weighted by Gasteiger charge is 2.37. The number of nitrogens with zero attached hydrogens (tertiary/aromatic N) is 5. The summed E-state index contributed by atoms with van der Waals surface area (Å²) in [5.41, 5.74) is -1.52. The van der Waals surface area contributed by atoms with E-state index in [2.05, 4.69) is 15.3 Å². The smallest absolute Gasteiger partial charge is 0.416 e. The maximum absolute atomic E-state index is 13.3. The van der Waals surface area contributed by atoms with Gasteiger partial charge in [-0.3, -0.25) is 4.98 Å². The summed E-state index contributed by atoms with van der Waals surface area (Å²) in [6.45, 7) is 2.54. The summed E-state index contributed by atoms with van der Waals surface area (Å²) in [7, 11) is 0. The summed E-state index contributed by atoms with van der Waals surface area (Å²) in [5, 5.41) is 2.21. The molecule has 2 aromatic heterocycles. The first-order valence-electron chi connectivity index (χ1n) is 12.8. The van der Waals surface area contributed by atoms with Crippen molar-refractivity contribution < 1.29 is 35.9 Å². The number of hydrogen-bond donors (Lipinski definition) is 1. The highest BCUT2D eigenvalue weighted by Crippen LogP contribution is 2.38. The highest BCUT2D eigenvalue weighted by atomic mass is 19.4. The number of nitrogens with one attached hydrogen (secondary N) is 1. The number of para-hydroxylation sites is 2. The predicted molar refractivity (Wildman–Crippen MR) is 142 cm³/mol. The fourth-order valence-corrected chi connectivity index (χ4v) is 4.58. The summed E-state index contributed by atoms with van der Waals surface area (Å²) in [5.74, 6) is 0.724. The second-order valence-electron chi connectivity index (χ2n) is 9.70. The number of carbonyl (C=O) groups excluding carboxylic acids is 1. The molecular formula is C28H24F6N6O2. The Morgan fingerprint density at radius 1 is 0.929 bits per heavy atom. The van der Waals surface area contributed by atoms with Crippen LogP contribution in [0.1, 0.15) is 23.6 Å². The van der Waals surface area contributed by atoms with Crippen LogP contribution in [-0.2, 0) is 19.0 Å². The number of carbonyl (C=O) groups is 1. The van der Waals surface area contributed by atoms with Crippen molar-refractivity contribution in [2.45, 2.75) is 31.9 Å². The first kappa shape index (κ1) is 28.9. The van der Waals surface area contributed by atoms with Gasteiger partial charge in [0.15, 0.2) is 5.82 Å². The third kappa shape index (κ3) is 6.47. The average molecular weight is 591 g/mol. The van der Waals surface area contributed by atoms with Gasteiger partial charge in [0.05, 0.1) is 22.2 Å². The van der Waals surface area contributed by atoms with Crippen LogP contribution in [0.25, 0.3) is 11.0 Å². The number of anilines is 2. The van der Waals surface area contributed by atoms with Crippen molar-refractivity contribution in [1.29, 1.82) is 0 Å². The molecule has 1 aliphatic heterocycles. The van der Waals surface area contributed by atoms with Crippen LogP contribution in [-0.4, -0.2) is 51.6 Å². The van der Waals surface area contributed by atoms with E-state index < -0.39 is 41.2 Å². The van der Waals surface area contributed by atoms with Gasteiger partial charge < -0.3 is 19.9 Å². The lowest BCUT2D eigenvalue weighted by molar-refractivity contribution is -0.143. The van der Waals surface area contributed by atoms with Crippen LogP contribution in [0.2, 0.25) is 0 Å². The Morgan fingerprint density at radius 2 is 1.55 bits per heavy atom. The Morgan fingerprint density at radius 3 is 2.14 bits per heavy atom. The molecule has 1 aliphatic rings. The minimum Gasteiger partial charge on any atom is -0.470 e. The van der Waals surface area contributed by atoms with Crippen LogP contribution in [0.3, 0.4) is 0 Å². The molecule has 1 saturated heterocycles. The molecule has 8 nitrogen and oxygen atoms in total. The van der Waals surface area contributed by atoms with Gasteiger partial charge in [0.1, 0.15) is 6.61 Å². The number of ether oxygens (including phenoxy) is 1. The molecule has 2 amide bonds. The summed E-state index contributed by atoms with van der Waals surface area (Å²) in [4.78, 5) is 29.6. The standard InChI is InChI=1S/C28H24F6N6O2/c1-17-15-39(24-25(42-16-18-6-8-35-9-7-18)38-23-5-3-2-4-22(23)37-24)10-11-40(17)26(41)36-21-13-19(27(29,30)31)12-20(14-21)28(32,33)34/h2-9,12-14,17H,10-11,15-16H2,1H3,(H,36,41). The normalized spacial score (nSPS) is 16.0. The fraction of sp³-hybridized carbons (Fsp3) is 0.286. The first-order chi connectivity index (χ1) is 19.9.